The lowest BCUT2D eigenvalue weighted by molar-refractivity contribution is 0.0520. The highest BCUT2D eigenvalue weighted by atomic mass is 32.2. The van der Waals surface area contributed by atoms with Gasteiger partial charge >= 0.3 is 5.97 Å². The van der Waals surface area contributed by atoms with E-state index in [1.165, 1.54) is 56.2 Å². The number of aromatic nitrogens is 1. The molecule has 9 heteroatoms. The van der Waals surface area contributed by atoms with E-state index in [4.69, 9.17) is 10.1 Å². The number of anilines is 2. The third-order valence-corrected chi connectivity index (χ3v) is 8.50. The summed E-state index contributed by atoms with van der Waals surface area (Å²) < 4.78 is 5.04. The quantitative estimate of drug-likeness (QED) is 0.0846. The van der Waals surface area contributed by atoms with Gasteiger partial charge in [-0.1, -0.05) is 37.7 Å². The Bertz CT molecular complexity index is 1320. The third kappa shape index (κ3) is 7.71. The predicted octanol–water partition coefficient (Wildman–Crippen LogP) is 6.79. The Balaban J connectivity index is 0.00000189. The number of esters is 1. The number of nitrogens with one attached hydrogen (secondary N) is 3. The summed E-state index contributed by atoms with van der Waals surface area (Å²) >= 11 is 1.19. The van der Waals surface area contributed by atoms with E-state index in [1.807, 2.05) is 20.8 Å². The van der Waals surface area contributed by atoms with Crippen LogP contribution in [0, 0.1) is 5.41 Å². The van der Waals surface area contributed by atoms with Crippen molar-refractivity contribution in [3.63, 3.8) is 0 Å². The first kappa shape index (κ1) is 30.7. The highest BCUT2D eigenvalue weighted by Gasteiger charge is 2.26. The van der Waals surface area contributed by atoms with Crippen LogP contribution in [0.5, 0.6) is 0 Å². The minimum atomic E-state index is -0.431. The SMILES string of the molecule is CC.CCOC(=O)c1cc2ccc(C(=O)C(=N)SC(C)Nc3ccc(N4CCC(N5CCCC5)CC4)cc3)cc2[nH]1. The van der Waals surface area contributed by atoms with Gasteiger partial charge in [-0.3, -0.25) is 10.2 Å². The number of fused-ring (bicyclic) bond motifs is 1. The molecule has 2 aliphatic heterocycles. The second kappa shape index (κ2) is 14.5. The van der Waals surface area contributed by atoms with Crippen LogP contribution in [0.25, 0.3) is 10.9 Å². The van der Waals surface area contributed by atoms with E-state index in [0.717, 1.165) is 30.2 Å². The molecule has 0 aliphatic carbocycles. The lowest BCUT2D eigenvalue weighted by Gasteiger charge is -2.37. The van der Waals surface area contributed by atoms with Crippen molar-refractivity contribution in [3.8, 4) is 0 Å². The van der Waals surface area contributed by atoms with Crippen LogP contribution in [-0.2, 0) is 4.74 Å². The van der Waals surface area contributed by atoms with E-state index in [-0.39, 0.29) is 16.2 Å². The van der Waals surface area contributed by atoms with Gasteiger partial charge in [0.05, 0.1) is 12.0 Å². The number of ketones is 1. The Morgan fingerprint density at radius 2 is 1.73 bits per heavy atom. The van der Waals surface area contributed by atoms with Crippen molar-refractivity contribution in [2.45, 2.75) is 64.8 Å². The van der Waals surface area contributed by atoms with Crippen LogP contribution >= 0.6 is 11.8 Å². The summed E-state index contributed by atoms with van der Waals surface area (Å²) in [4.78, 5) is 33.1. The number of hydrogen-bond acceptors (Lipinski definition) is 8. The fourth-order valence-electron chi connectivity index (χ4n) is 5.58. The number of Topliss-reactive ketones (excluding diaryl/α,β-unsaturated/α-hetero) is 1. The minimum Gasteiger partial charge on any atom is -0.461 e. The molecule has 2 aromatic carbocycles. The number of nitrogens with zero attached hydrogens (tertiary/aromatic N) is 2. The molecule has 3 N–H and O–H groups in total. The summed E-state index contributed by atoms with van der Waals surface area (Å²) in [6.45, 7) is 12.7. The molecule has 0 radical (unpaired) electrons. The largest absolute Gasteiger partial charge is 0.461 e. The van der Waals surface area contributed by atoms with Gasteiger partial charge in [0.25, 0.3) is 0 Å². The number of benzene rings is 2. The first-order valence-electron chi connectivity index (χ1n) is 14.9. The molecule has 41 heavy (non-hydrogen) atoms. The Kier molecular flexibility index (Phi) is 10.9. The maximum atomic E-state index is 13.0. The molecule has 1 aromatic heterocycles. The highest BCUT2D eigenvalue weighted by molar-refractivity contribution is 8.16. The molecule has 220 valence electrons. The molecule has 3 heterocycles. The summed E-state index contributed by atoms with van der Waals surface area (Å²) in [6.07, 6.45) is 5.16. The molecule has 0 amide bonds. The van der Waals surface area contributed by atoms with Crippen molar-refractivity contribution >= 4 is 50.8 Å². The number of likely N-dealkylation sites (tertiary alicyclic amines) is 1. The Morgan fingerprint density at radius 3 is 2.39 bits per heavy atom. The molecule has 0 saturated carbocycles. The number of carbonyl (C=O) groups is 2. The van der Waals surface area contributed by atoms with E-state index in [1.54, 1.807) is 31.2 Å². The summed E-state index contributed by atoms with van der Waals surface area (Å²) in [5.41, 5.74) is 3.62. The number of hydrogen-bond donors (Lipinski definition) is 3. The molecule has 1 unspecified atom stereocenters. The first-order valence-corrected chi connectivity index (χ1v) is 15.7. The van der Waals surface area contributed by atoms with E-state index < -0.39 is 5.97 Å². The van der Waals surface area contributed by atoms with Gasteiger partial charge in [0.15, 0.2) is 0 Å². The number of piperidine rings is 1. The van der Waals surface area contributed by atoms with Gasteiger partial charge in [0.1, 0.15) is 10.7 Å². The fourth-order valence-corrected chi connectivity index (χ4v) is 6.35. The molecule has 2 saturated heterocycles. The van der Waals surface area contributed by atoms with Crippen molar-refractivity contribution in [2.24, 2.45) is 0 Å². The van der Waals surface area contributed by atoms with Crippen LogP contribution in [0.1, 0.15) is 74.2 Å². The molecular weight excluding hydrogens is 534 g/mol. The van der Waals surface area contributed by atoms with Crippen LogP contribution in [-0.4, -0.2) is 70.9 Å². The third-order valence-electron chi connectivity index (χ3n) is 7.60. The maximum absolute atomic E-state index is 13.0. The predicted molar refractivity (Wildman–Crippen MR) is 171 cm³/mol. The molecule has 2 aliphatic rings. The van der Waals surface area contributed by atoms with Gasteiger partial charge in [-0.25, -0.2) is 4.79 Å². The molecule has 0 bridgehead atoms. The van der Waals surface area contributed by atoms with Gasteiger partial charge in [-0.2, -0.15) is 0 Å². The van der Waals surface area contributed by atoms with Gasteiger partial charge in [0.2, 0.25) is 5.78 Å². The molecule has 1 atom stereocenters. The van der Waals surface area contributed by atoms with Crippen molar-refractivity contribution in [2.75, 3.05) is 43.0 Å². The molecule has 3 aromatic rings. The van der Waals surface area contributed by atoms with E-state index in [9.17, 15) is 9.59 Å². The van der Waals surface area contributed by atoms with Crippen LogP contribution in [0.15, 0.2) is 48.5 Å². The molecule has 0 spiro atoms. The monoisotopic (exact) mass is 577 g/mol. The zero-order chi connectivity index (χ0) is 29.4. The fraction of sp³-hybridized carbons (Fsp3) is 0.469. The van der Waals surface area contributed by atoms with Crippen LogP contribution in [0.2, 0.25) is 0 Å². The van der Waals surface area contributed by atoms with Crippen LogP contribution < -0.4 is 10.2 Å². The highest BCUT2D eigenvalue weighted by Crippen LogP contribution is 2.27. The normalized spacial score (nSPS) is 16.6. The van der Waals surface area contributed by atoms with Crippen molar-refractivity contribution < 1.29 is 14.3 Å². The van der Waals surface area contributed by atoms with Gasteiger partial charge in [-0.05, 0) is 89.0 Å². The molecular formula is C32H43N5O3S. The average Bonchev–Trinajstić information content (AvgIpc) is 3.69. The zero-order valence-corrected chi connectivity index (χ0v) is 25.5. The lowest BCUT2D eigenvalue weighted by Crippen LogP contribution is -2.43. The smallest absolute Gasteiger partial charge is 0.354 e. The number of aromatic amines is 1. The van der Waals surface area contributed by atoms with Gasteiger partial charge in [0, 0.05) is 47.0 Å². The van der Waals surface area contributed by atoms with Gasteiger partial charge in [-0.15, -0.1) is 0 Å². The lowest BCUT2D eigenvalue weighted by atomic mass is 10.0. The van der Waals surface area contributed by atoms with Crippen LogP contribution in [0.3, 0.4) is 0 Å². The van der Waals surface area contributed by atoms with Crippen molar-refractivity contribution in [3.05, 3.63) is 59.8 Å². The summed E-state index contributed by atoms with van der Waals surface area (Å²) in [5.74, 6) is -0.782. The van der Waals surface area contributed by atoms with Gasteiger partial charge < -0.3 is 24.8 Å². The number of H-pyrrole nitrogens is 1. The average molecular weight is 578 g/mol. The summed E-state index contributed by atoms with van der Waals surface area (Å²) in [5, 5.41) is 12.4. The van der Waals surface area contributed by atoms with Crippen LogP contribution in [0.4, 0.5) is 11.4 Å². The maximum Gasteiger partial charge on any atom is 0.354 e. The zero-order valence-electron chi connectivity index (χ0n) is 24.7. The Hall–Kier alpha value is -3.30. The Labute approximate surface area is 247 Å². The van der Waals surface area contributed by atoms with Crippen molar-refractivity contribution in [1.29, 1.82) is 5.41 Å². The molecule has 5 rings (SSSR count). The summed E-state index contributed by atoms with van der Waals surface area (Å²) in [6, 6.07) is 16.0. The standard InChI is InChI=1S/C30H37N5O3S.C2H6/c1-3-38-30(37)27-18-21-6-7-22(19-26(21)33-27)28(36)29(31)39-20(2)32-23-8-10-24(11-9-23)35-16-12-25(13-17-35)34-14-4-5-15-34;1-2/h6-11,18-20,25,31-33H,3-5,12-17H2,1-2H3;1-2H3. The molecule has 2 fully saturated rings. The van der Waals surface area contributed by atoms with E-state index in [0.29, 0.717) is 23.4 Å². The number of thioether (sulfide) groups is 1. The van der Waals surface area contributed by atoms with Crippen molar-refractivity contribution in [1.82, 2.24) is 9.88 Å². The molecule has 8 nitrogen and oxygen atoms in total. The number of ether oxygens (including phenoxy) is 1. The number of carbonyl (C=O) groups excluding carboxylic acids is 2. The van der Waals surface area contributed by atoms with E-state index >= 15 is 0 Å². The summed E-state index contributed by atoms with van der Waals surface area (Å²) in [7, 11) is 0. The topological polar surface area (TPSA) is 102 Å². The second-order valence-corrected chi connectivity index (χ2v) is 11.6. The first-order chi connectivity index (χ1) is 19.9. The second-order valence-electron chi connectivity index (χ2n) is 10.3. The van der Waals surface area contributed by atoms with E-state index in [2.05, 4.69) is 44.4 Å². The minimum absolute atomic E-state index is 0.0379. The number of rotatable bonds is 9. The Morgan fingerprint density at radius 1 is 1.05 bits per heavy atom.